The lowest BCUT2D eigenvalue weighted by molar-refractivity contribution is 0.219. The van der Waals surface area contributed by atoms with Crippen molar-refractivity contribution in [1.29, 1.82) is 0 Å². The van der Waals surface area contributed by atoms with Gasteiger partial charge in [0.1, 0.15) is 0 Å². The highest BCUT2D eigenvalue weighted by Crippen LogP contribution is 2.46. The zero-order valence-corrected chi connectivity index (χ0v) is 4.69. The first-order valence-corrected chi connectivity index (χ1v) is 3.47. The minimum absolute atomic E-state index is 1.19. The molecule has 0 saturated heterocycles. The first kappa shape index (κ1) is 3.94. The molecule has 0 heterocycles. The first-order chi connectivity index (χ1) is 3.47. The molecule has 0 aromatic carbocycles. The summed E-state index contributed by atoms with van der Waals surface area (Å²) in [6.45, 7) is 0. The predicted octanol–water partition coefficient (Wildman–Crippen LogP) is 2.20. The van der Waals surface area contributed by atoms with Crippen molar-refractivity contribution in [3.8, 4) is 0 Å². The van der Waals surface area contributed by atoms with Crippen LogP contribution in [-0.2, 0) is 0 Å². The van der Waals surface area contributed by atoms with Gasteiger partial charge in [0.25, 0.3) is 0 Å². The highest BCUT2D eigenvalue weighted by Gasteiger charge is 2.34. The van der Waals surface area contributed by atoms with E-state index in [2.05, 4.69) is 0 Å². The fraction of sp³-hybridized carbons (Fsp3) is 1.00. The third-order valence-corrected chi connectivity index (χ3v) is 2.72. The summed E-state index contributed by atoms with van der Waals surface area (Å²) in [5, 5.41) is 0. The number of hydrogen-bond acceptors (Lipinski definition) is 0. The summed E-state index contributed by atoms with van der Waals surface area (Å²) < 4.78 is 0. The monoisotopic (exact) mass is 96.1 g/mol. The van der Waals surface area contributed by atoms with Gasteiger partial charge in [-0.05, 0) is 24.7 Å². The summed E-state index contributed by atoms with van der Waals surface area (Å²) >= 11 is 0. The van der Waals surface area contributed by atoms with Crippen molar-refractivity contribution < 1.29 is 0 Å². The fourth-order valence-electron chi connectivity index (χ4n) is 2.04. The molecule has 0 aliphatic heterocycles. The van der Waals surface area contributed by atoms with Crippen molar-refractivity contribution in [1.82, 2.24) is 0 Å². The van der Waals surface area contributed by atoms with Crippen LogP contribution in [0.4, 0.5) is 0 Å². The largest absolute Gasteiger partial charge is 0.0528 e. The van der Waals surface area contributed by atoms with Crippen molar-refractivity contribution in [3.63, 3.8) is 0 Å². The summed E-state index contributed by atoms with van der Waals surface area (Å²) in [6.07, 6.45) is 7.78. The maximum Gasteiger partial charge on any atom is -0.0386 e. The molecule has 0 nitrogen and oxygen atoms in total. The van der Waals surface area contributed by atoms with E-state index in [-0.39, 0.29) is 0 Å². The van der Waals surface area contributed by atoms with E-state index in [1.54, 1.807) is 25.7 Å². The van der Waals surface area contributed by atoms with E-state index in [9.17, 15) is 0 Å². The molecule has 7 heavy (non-hydrogen) atoms. The molecule has 0 radical (unpaired) electrons. The van der Waals surface area contributed by atoms with Crippen LogP contribution in [0.1, 0.15) is 32.1 Å². The average molecular weight is 96.2 g/mol. The minimum atomic E-state index is 1.19. The molecule has 0 amide bonds. The fourth-order valence-corrected chi connectivity index (χ4v) is 2.04. The molecule has 0 N–H and O–H groups in total. The standard InChI is InChI=1S/C7H12/c1-2-6-4-5-7(6)3-1/h6-7H,1-5H2/t6-,7+. The molecule has 2 aliphatic carbocycles. The first-order valence-electron chi connectivity index (χ1n) is 3.47. The number of fused-ring (bicyclic) bond motifs is 1. The lowest BCUT2D eigenvalue weighted by atomic mass is 9.77. The Labute approximate surface area is 44.9 Å². The van der Waals surface area contributed by atoms with Gasteiger partial charge in [0.05, 0.1) is 0 Å². The van der Waals surface area contributed by atoms with Crippen molar-refractivity contribution in [3.05, 3.63) is 0 Å². The Kier molecular flexibility index (Phi) is 0.697. The molecule has 40 valence electrons. The normalized spacial score (nSPS) is 48.0. The maximum atomic E-state index is 1.56. The SMILES string of the molecule is C1C[C@@H]2CC[C@@H]2C1. The molecule has 0 heteroatoms. The highest BCUT2D eigenvalue weighted by molar-refractivity contribution is 4.85. The van der Waals surface area contributed by atoms with Gasteiger partial charge in [0.2, 0.25) is 0 Å². The smallest absolute Gasteiger partial charge is 0.0386 e. The summed E-state index contributed by atoms with van der Waals surface area (Å²) in [5.74, 6) is 2.39. The summed E-state index contributed by atoms with van der Waals surface area (Å²) in [7, 11) is 0. The van der Waals surface area contributed by atoms with E-state index in [0.29, 0.717) is 0 Å². The third kappa shape index (κ3) is 0.427. The third-order valence-electron chi connectivity index (χ3n) is 2.72. The molecule has 2 atom stereocenters. The summed E-state index contributed by atoms with van der Waals surface area (Å²) in [6, 6.07) is 0. The van der Waals surface area contributed by atoms with Gasteiger partial charge in [-0.15, -0.1) is 0 Å². The van der Waals surface area contributed by atoms with Gasteiger partial charge in [-0.2, -0.15) is 0 Å². The van der Waals surface area contributed by atoms with Crippen LogP contribution in [0.2, 0.25) is 0 Å². The van der Waals surface area contributed by atoms with Crippen LogP contribution >= 0.6 is 0 Å². The Bertz CT molecular complexity index is 66.1. The summed E-state index contributed by atoms with van der Waals surface area (Å²) in [4.78, 5) is 0. The maximum absolute atomic E-state index is 1.56. The molecular formula is C7H12. The molecule has 2 saturated carbocycles. The average Bonchev–Trinajstić information content (AvgIpc) is 1.85. The van der Waals surface area contributed by atoms with Crippen LogP contribution in [0.15, 0.2) is 0 Å². The Morgan fingerprint density at radius 2 is 1.29 bits per heavy atom. The van der Waals surface area contributed by atoms with Crippen LogP contribution in [-0.4, -0.2) is 0 Å². The molecule has 0 unspecified atom stereocenters. The van der Waals surface area contributed by atoms with Crippen LogP contribution in [0, 0.1) is 11.8 Å². The topological polar surface area (TPSA) is 0 Å². The van der Waals surface area contributed by atoms with Gasteiger partial charge in [0.15, 0.2) is 0 Å². The quantitative estimate of drug-likeness (QED) is 0.433. The highest BCUT2D eigenvalue weighted by atomic mass is 14.4. The molecule has 2 fully saturated rings. The molecule has 0 aromatic heterocycles. The van der Waals surface area contributed by atoms with Crippen LogP contribution in [0.3, 0.4) is 0 Å². The van der Waals surface area contributed by atoms with Gasteiger partial charge in [-0.3, -0.25) is 0 Å². The molecule has 0 bridgehead atoms. The Balaban J connectivity index is 2.03. The second kappa shape index (κ2) is 1.24. The van der Waals surface area contributed by atoms with Gasteiger partial charge in [-0.1, -0.05) is 19.3 Å². The van der Waals surface area contributed by atoms with Gasteiger partial charge in [-0.25, -0.2) is 0 Å². The molecule has 2 aliphatic rings. The van der Waals surface area contributed by atoms with Crippen molar-refractivity contribution in [2.75, 3.05) is 0 Å². The molecular weight excluding hydrogens is 84.1 g/mol. The van der Waals surface area contributed by atoms with E-state index < -0.39 is 0 Å². The van der Waals surface area contributed by atoms with E-state index >= 15 is 0 Å². The summed E-state index contributed by atoms with van der Waals surface area (Å²) in [5.41, 5.74) is 0. The van der Waals surface area contributed by atoms with Gasteiger partial charge in [0, 0.05) is 0 Å². The van der Waals surface area contributed by atoms with Crippen molar-refractivity contribution >= 4 is 0 Å². The van der Waals surface area contributed by atoms with Crippen LogP contribution < -0.4 is 0 Å². The van der Waals surface area contributed by atoms with E-state index in [1.165, 1.54) is 18.3 Å². The Morgan fingerprint density at radius 3 is 1.57 bits per heavy atom. The second-order valence-corrected chi connectivity index (χ2v) is 3.03. The number of hydrogen-bond donors (Lipinski definition) is 0. The zero-order valence-electron chi connectivity index (χ0n) is 4.69. The van der Waals surface area contributed by atoms with Gasteiger partial charge < -0.3 is 0 Å². The van der Waals surface area contributed by atoms with Crippen molar-refractivity contribution in [2.24, 2.45) is 11.8 Å². The Morgan fingerprint density at radius 1 is 0.714 bits per heavy atom. The van der Waals surface area contributed by atoms with Crippen LogP contribution in [0.5, 0.6) is 0 Å². The van der Waals surface area contributed by atoms with E-state index in [1.807, 2.05) is 0 Å². The lowest BCUT2D eigenvalue weighted by Gasteiger charge is -2.29. The molecule has 0 spiro atoms. The van der Waals surface area contributed by atoms with Crippen LogP contribution in [0.25, 0.3) is 0 Å². The molecule has 2 rings (SSSR count). The zero-order chi connectivity index (χ0) is 4.69. The van der Waals surface area contributed by atoms with Crippen molar-refractivity contribution in [2.45, 2.75) is 32.1 Å². The minimum Gasteiger partial charge on any atom is -0.0528 e. The second-order valence-electron chi connectivity index (χ2n) is 3.03. The lowest BCUT2D eigenvalue weighted by Crippen LogP contribution is -2.18. The van der Waals surface area contributed by atoms with E-state index in [0.717, 1.165) is 0 Å². The van der Waals surface area contributed by atoms with Gasteiger partial charge >= 0.3 is 0 Å². The predicted molar refractivity (Wildman–Crippen MR) is 30.1 cm³/mol. The van der Waals surface area contributed by atoms with E-state index in [4.69, 9.17) is 0 Å². The Hall–Kier alpha value is 0. The number of rotatable bonds is 0. The molecule has 0 aromatic rings.